The van der Waals surface area contributed by atoms with E-state index in [4.69, 9.17) is 9.47 Å². The summed E-state index contributed by atoms with van der Waals surface area (Å²) in [4.78, 5) is 0. The third kappa shape index (κ3) is 1.87. The summed E-state index contributed by atoms with van der Waals surface area (Å²) < 4.78 is 11.5. The number of hydrogen-bond acceptors (Lipinski definition) is 3. The number of ether oxygens (including phenoxy) is 2. The minimum Gasteiger partial charge on any atom is -0.380 e. The van der Waals surface area contributed by atoms with Crippen molar-refractivity contribution in [3.8, 4) is 0 Å². The number of rotatable bonds is 1. The topological polar surface area (TPSA) is 30.5 Å². The van der Waals surface area contributed by atoms with Crippen molar-refractivity contribution in [1.29, 1.82) is 0 Å². The molecule has 1 N–H and O–H groups in total. The van der Waals surface area contributed by atoms with Gasteiger partial charge in [-0.1, -0.05) is 6.92 Å². The summed E-state index contributed by atoms with van der Waals surface area (Å²) in [7, 11) is 0. The van der Waals surface area contributed by atoms with Crippen molar-refractivity contribution in [2.24, 2.45) is 0 Å². The van der Waals surface area contributed by atoms with Crippen LogP contribution in [0.4, 0.5) is 0 Å². The van der Waals surface area contributed by atoms with Crippen molar-refractivity contribution in [1.82, 2.24) is 5.32 Å². The van der Waals surface area contributed by atoms with E-state index in [1.165, 1.54) is 0 Å². The van der Waals surface area contributed by atoms with E-state index >= 15 is 0 Å². The highest BCUT2D eigenvalue weighted by atomic mass is 16.5. The first-order chi connectivity index (χ1) is 6.23. The van der Waals surface area contributed by atoms with Crippen LogP contribution in [0.2, 0.25) is 0 Å². The molecule has 2 fully saturated rings. The minimum absolute atomic E-state index is 0.0402. The molecule has 13 heavy (non-hydrogen) atoms. The van der Waals surface area contributed by atoms with Gasteiger partial charge < -0.3 is 14.8 Å². The van der Waals surface area contributed by atoms with Crippen molar-refractivity contribution < 1.29 is 9.47 Å². The van der Waals surface area contributed by atoms with Gasteiger partial charge in [-0.15, -0.1) is 0 Å². The van der Waals surface area contributed by atoms with Crippen LogP contribution >= 0.6 is 0 Å². The maximum Gasteiger partial charge on any atom is 0.0780 e. The first kappa shape index (κ1) is 9.44. The molecule has 0 aromatic rings. The van der Waals surface area contributed by atoms with Crippen LogP contribution in [0.15, 0.2) is 0 Å². The van der Waals surface area contributed by atoms with Crippen LogP contribution in [0.25, 0.3) is 0 Å². The second kappa shape index (κ2) is 3.56. The first-order valence-electron chi connectivity index (χ1n) is 5.22. The second-order valence-electron chi connectivity index (χ2n) is 4.31. The van der Waals surface area contributed by atoms with Crippen LogP contribution in [-0.4, -0.2) is 37.5 Å². The van der Waals surface area contributed by atoms with Gasteiger partial charge in [0.1, 0.15) is 0 Å². The number of fused-ring (bicyclic) bond motifs is 1. The van der Waals surface area contributed by atoms with Crippen molar-refractivity contribution in [3.63, 3.8) is 0 Å². The highest BCUT2D eigenvalue weighted by Crippen LogP contribution is 2.26. The Morgan fingerprint density at radius 1 is 1.54 bits per heavy atom. The molecule has 2 rings (SSSR count). The van der Waals surface area contributed by atoms with Gasteiger partial charge in [0.15, 0.2) is 0 Å². The van der Waals surface area contributed by atoms with Crippen LogP contribution in [-0.2, 0) is 9.47 Å². The van der Waals surface area contributed by atoms with Crippen molar-refractivity contribution in [2.75, 3.05) is 19.8 Å². The SMILES string of the molecule is CCC1(C)CNC2COCCC2O1. The summed E-state index contributed by atoms with van der Waals surface area (Å²) in [5.41, 5.74) is 0.0402. The monoisotopic (exact) mass is 185 g/mol. The maximum absolute atomic E-state index is 6.08. The average Bonchev–Trinajstić information content (AvgIpc) is 2.18. The molecule has 2 heterocycles. The van der Waals surface area contributed by atoms with Crippen LogP contribution in [0.1, 0.15) is 26.7 Å². The van der Waals surface area contributed by atoms with E-state index in [2.05, 4.69) is 19.2 Å². The van der Waals surface area contributed by atoms with E-state index in [1.807, 2.05) is 0 Å². The van der Waals surface area contributed by atoms with E-state index in [9.17, 15) is 0 Å². The lowest BCUT2D eigenvalue weighted by Gasteiger charge is -2.45. The van der Waals surface area contributed by atoms with Crippen LogP contribution in [0.3, 0.4) is 0 Å². The van der Waals surface area contributed by atoms with Crippen molar-refractivity contribution in [2.45, 2.75) is 44.4 Å². The van der Waals surface area contributed by atoms with Gasteiger partial charge in [-0.05, 0) is 19.8 Å². The van der Waals surface area contributed by atoms with E-state index < -0.39 is 0 Å². The molecule has 76 valence electrons. The molecule has 0 saturated carbocycles. The summed E-state index contributed by atoms with van der Waals surface area (Å²) in [6, 6.07) is 0.424. The van der Waals surface area contributed by atoms with Crippen LogP contribution in [0.5, 0.6) is 0 Å². The molecule has 0 spiro atoms. The fourth-order valence-electron chi connectivity index (χ4n) is 2.01. The first-order valence-corrected chi connectivity index (χ1v) is 5.22. The largest absolute Gasteiger partial charge is 0.380 e. The molecule has 3 nitrogen and oxygen atoms in total. The third-order valence-electron chi connectivity index (χ3n) is 3.21. The lowest BCUT2D eigenvalue weighted by atomic mass is 9.95. The summed E-state index contributed by atoms with van der Waals surface area (Å²) in [6.45, 7) is 6.98. The van der Waals surface area contributed by atoms with Crippen LogP contribution < -0.4 is 5.32 Å². The van der Waals surface area contributed by atoms with Gasteiger partial charge >= 0.3 is 0 Å². The Kier molecular flexibility index (Phi) is 2.58. The predicted octanol–water partition coefficient (Wildman–Crippen LogP) is 0.932. The van der Waals surface area contributed by atoms with Gasteiger partial charge in [-0.25, -0.2) is 0 Å². The molecule has 0 aromatic carbocycles. The standard InChI is InChI=1S/C10H19NO2/c1-3-10(2)7-11-8-6-12-5-4-9(8)13-10/h8-9,11H,3-7H2,1-2H3. The average molecular weight is 185 g/mol. The normalized spacial score (nSPS) is 45.7. The van der Waals surface area contributed by atoms with E-state index in [0.29, 0.717) is 12.1 Å². The lowest BCUT2D eigenvalue weighted by Crippen LogP contribution is -2.60. The Labute approximate surface area is 79.8 Å². The number of morpholine rings is 1. The Balaban J connectivity index is 1.98. The van der Waals surface area contributed by atoms with Gasteiger partial charge in [0.2, 0.25) is 0 Å². The Hall–Kier alpha value is -0.120. The molecular formula is C10H19NO2. The van der Waals surface area contributed by atoms with Gasteiger partial charge in [-0.2, -0.15) is 0 Å². The maximum atomic E-state index is 6.08. The molecule has 2 saturated heterocycles. The molecular weight excluding hydrogens is 166 g/mol. The fourth-order valence-corrected chi connectivity index (χ4v) is 2.01. The molecule has 3 atom stereocenters. The molecule has 3 heteroatoms. The molecule has 0 bridgehead atoms. The zero-order valence-electron chi connectivity index (χ0n) is 8.51. The lowest BCUT2D eigenvalue weighted by molar-refractivity contribution is -0.161. The van der Waals surface area contributed by atoms with Crippen LogP contribution in [0, 0.1) is 0 Å². The summed E-state index contributed by atoms with van der Waals surface area (Å²) in [5.74, 6) is 0. The quantitative estimate of drug-likeness (QED) is 0.659. The molecule has 0 amide bonds. The summed E-state index contributed by atoms with van der Waals surface area (Å²) >= 11 is 0. The number of hydrogen-bond donors (Lipinski definition) is 1. The summed E-state index contributed by atoms with van der Waals surface area (Å²) in [5, 5.41) is 3.51. The van der Waals surface area contributed by atoms with Gasteiger partial charge in [0.05, 0.1) is 24.4 Å². The minimum atomic E-state index is 0.0402. The molecule has 3 unspecified atom stereocenters. The fraction of sp³-hybridized carbons (Fsp3) is 1.00. The van der Waals surface area contributed by atoms with E-state index in [1.54, 1.807) is 0 Å². The molecule has 0 aliphatic carbocycles. The highest BCUT2D eigenvalue weighted by Gasteiger charge is 2.38. The molecule has 0 radical (unpaired) electrons. The second-order valence-corrected chi connectivity index (χ2v) is 4.31. The van der Waals surface area contributed by atoms with Gasteiger partial charge in [0.25, 0.3) is 0 Å². The highest BCUT2D eigenvalue weighted by molar-refractivity contribution is 4.92. The van der Waals surface area contributed by atoms with Gasteiger partial charge in [-0.3, -0.25) is 0 Å². The zero-order valence-corrected chi connectivity index (χ0v) is 8.51. The van der Waals surface area contributed by atoms with Gasteiger partial charge in [0, 0.05) is 13.2 Å². The Morgan fingerprint density at radius 2 is 2.38 bits per heavy atom. The zero-order chi connectivity index (χ0) is 9.31. The smallest absolute Gasteiger partial charge is 0.0780 e. The molecule has 2 aliphatic heterocycles. The Morgan fingerprint density at radius 3 is 3.15 bits per heavy atom. The van der Waals surface area contributed by atoms with E-state index in [0.717, 1.165) is 32.6 Å². The van der Waals surface area contributed by atoms with E-state index in [-0.39, 0.29) is 5.60 Å². The Bertz CT molecular complexity index is 186. The van der Waals surface area contributed by atoms with Crippen molar-refractivity contribution >= 4 is 0 Å². The van der Waals surface area contributed by atoms with Crippen molar-refractivity contribution in [3.05, 3.63) is 0 Å². The molecule has 0 aromatic heterocycles. The molecule has 2 aliphatic rings. The summed E-state index contributed by atoms with van der Waals surface area (Å²) in [6.07, 6.45) is 2.48. The third-order valence-corrected chi connectivity index (χ3v) is 3.21. The number of nitrogens with one attached hydrogen (secondary N) is 1. The predicted molar refractivity (Wildman–Crippen MR) is 50.8 cm³/mol.